The fourth-order valence-corrected chi connectivity index (χ4v) is 3.70. The van der Waals surface area contributed by atoms with Crippen molar-refractivity contribution in [3.63, 3.8) is 0 Å². The largest absolute Gasteiger partial charge is 0.336 e. The van der Waals surface area contributed by atoms with E-state index in [4.69, 9.17) is 5.26 Å². The van der Waals surface area contributed by atoms with Crippen molar-refractivity contribution in [1.29, 1.82) is 5.26 Å². The van der Waals surface area contributed by atoms with Crippen molar-refractivity contribution in [2.45, 2.75) is 33.7 Å². The Labute approximate surface area is 148 Å². The van der Waals surface area contributed by atoms with Crippen LogP contribution in [0, 0.1) is 29.6 Å². The van der Waals surface area contributed by atoms with Crippen LogP contribution in [0.5, 0.6) is 0 Å². The van der Waals surface area contributed by atoms with Crippen LogP contribution < -0.4 is 5.32 Å². The summed E-state index contributed by atoms with van der Waals surface area (Å²) >= 11 is 1.70. The quantitative estimate of drug-likeness (QED) is 0.856. The van der Waals surface area contributed by atoms with Crippen molar-refractivity contribution in [3.05, 3.63) is 16.1 Å². The first-order valence-electron chi connectivity index (χ1n) is 8.32. The Bertz CT molecular complexity index is 606. The van der Waals surface area contributed by atoms with Gasteiger partial charge in [0.05, 0.1) is 22.7 Å². The van der Waals surface area contributed by atoms with E-state index < -0.39 is 5.41 Å². The third kappa shape index (κ3) is 5.18. The summed E-state index contributed by atoms with van der Waals surface area (Å²) in [5.41, 5.74) is 2.48. The molecule has 2 amide bonds. The van der Waals surface area contributed by atoms with E-state index in [9.17, 15) is 4.79 Å². The van der Waals surface area contributed by atoms with Crippen LogP contribution in [0.4, 0.5) is 4.79 Å². The summed E-state index contributed by atoms with van der Waals surface area (Å²) in [6.07, 6.45) is 1.03. The summed E-state index contributed by atoms with van der Waals surface area (Å²) in [7, 11) is 2.12. The number of carbonyl (C=O) groups is 1. The Kier molecular flexibility index (Phi) is 6.19. The minimum absolute atomic E-state index is 0.0539. The van der Waals surface area contributed by atoms with Gasteiger partial charge < -0.3 is 15.1 Å². The molecule has 0 spiro atoms. The van der Waals surface area contributed by atoms with Crippen LogP contribution in [-0.4, -0.2) is 54.0 Å². The molecule has 2 rings (SSSR count). The van der Waals surface area contributed by atoms with E-state index in [1.54, 1.807) is 11.3 Å². The monoisotopic (exact) mass is 349 g/mol. The van der Waals surface area contributed by atoms with Gasteiger partial charge in [-0.25, -0.2) is 9.78 Å². The molecule has 6 nitrogen and oxygen atoms in total. The van der Waals surface area contributed by atoms with E-state index in [-0.39, 0.29) is 6.03 Å². The van der Waals surface area contributed by atoms with Crippen molar-refractivity contribution in [3.8, 4) is 6.07 Å². The van der Waals surface area contributed by atoms with Crippen molar-refractivity contribution < 1.29 is 4.79 Å². The highest BCUT2D eigenvalue weighted by Crippen LogP contribution is 2.20. The molecule has 1 saturated heterocycles. The molecular formula is C17H27N5OS. The van der Waals surface area contributed by atoms with Gasteiger partial charge in [-0.3, -0.25) is 0 Å². The molecule has 0 bridgehead atoms. The normalized spacial score (nSPS) is 18.0. The van der Waals surface area contributed by atoms with Crippen molar-refractivity contribution >= 4 is 17.4 Å². The third-order valence-electron chi connectivity index (χ3n) is 4.39. The lowest BCUT2D eigenvalue weighted by molar-refractivity contribution is 0.201. The summed E-state index contributed by atoms with van der Waals surface area (Å²) in [6.45, 7) is 9.55. The Morgan fingerprint density at radius 3 is 3.00 bits per heavy atom. The number of aromatic nitrogens is 1. The van der Waals surface area contributed by atoms with Gasteiger partial charge >= 0.3 is 6.03 Å². The zero-order chi connectivity index (χ0) is 17.7. The molecule has 0 unspecified atom stereocenters. The molecule has 1 N–H and O–H groups in total. The Balaban J connectivity index is 1.75. The Morgan fingerprint density at radius 1 is 1.62 bits per heavy atom. The maximum Gasteiger partial charge on any atom is 0.317 e. The van der Waals surface area contributed by atoms with Gasteiger partial charge in [0.2, 0.25) is 0 Å². The Hall–Kier alpha value is -1.65. The Morgan fingerprint density at radius 2 is 2.38 bits per heavy atom. The second kappa shape index (κ2) is 7.95. The molecule has 0 aliphatic carbocycles. The van der Waals surface area contributed by atoms with Gasteiger partial charge in [-0.1, -0.05) is 0 Å². The molecule has 1 atom stereocenters. The van der Waals surface area contributed by atoms with Crippen LogP contribution in [0.3, 0.4) is 0 Å². The molecule has 1 fully saturated rings. The van der Waals surface area contributed by atoms with Crippen LogP contribution in [0.1, 0.15) is 30.8 Å². The molecule has 1 aliphatic heterocycles. The van der Waals surface area contributed by atoms with Crippen LogP contribution in [0.2, 0.25) is 0 Å². The van der Waals surface area contributed by atoms with Gasteiger partial charge in [0, 0.05) is 37.6 Å². The topological polar surface area (TPSA) is 72.3 Å². The standard InChI is InChI=1S/C17H27N5OS/c1-13-15(24-12-20-13)9-21(4)7-14-5-6-22(8-14)16(23)19-11-17(2,3)10-18/h12,14H,5-9,11H2,1-4H3,(H,19,23)/t14-/m1/s1. The molecular weight excluding hydrogens is 322 g/mol. The van der Waals surface area contributed by atoms with E-state index in [2.05, 4.69) is 28.3 Å². The van der Waals surface area contributed by atoms with E-state index >= 15 is 0 Å². The number of thiazole rings is 1. The first-order valence-corrected chi connectivity index (χ1v) is 9.20. The van der Waals surface area contributed by atoms with Crippen molar-refractivity contribution in [1.82, 2.24) is 20.1 Å². The number of urea groups is 1. The van der Waals surface area contributed by atoms with Gasteiger partial charge in [-0.2, -0.15) is 5.26 Å². The summed E-state index contributed by atoms with van der Waals surface area (Å²) < 4.78 is 0. The van der Waals surface area contributed by atoms with Crippen LogP contribution in [0.15, 0.2) is 5.51 Å². The van der Waals surface area contributed by atoms with E-state index in [0.717, 1.165) is 38.3 Å². The molecule has 7 heteroatoms. The average Bonchev–Trinajstić information content (AvgIpc) is 3.15. The molecule has 1 aliphatic rings. The lowest BCUT2D eigenvalue weighted by Crippen LogP contribution is -2.42. The molecule has 24 heavy (non-hydrogen) atoms. The summed E-state index contributed by atoms with van der Waals surface area (Å²) in [4.78, 5) is 22.0. The number of nitriles is 1. The number of aryl methyl sites for hydroxylation is 1. The van der Waals surface area contributed by atoms with Crippen LogP contribution >= 0.6 is 11.3 Å². The average molecular weight is 350 g/mol. The van der Waals surface area contributed by atoms with Gasteiger partial charge in [-0.05, 0) is 40.2 Å². The van der Waals surface area contributed by atoms with Gasteiger partial charge in [0.15, 0.2) is 0 Å². The first-order chi connectivity index (χ1) is 11.3. The SMILES string of the molecule is Cc1ncsc1CN(C)C[C@H]1CCN(C(=O)NCC(C)(C)C#N)C1. The third-order valence-corrected chi connectivity index (χ3v) is 5.31. The molecule has 132 valence electrons. The fraction of sp³-hybridized carbons (Fsp3) is 0.706. The summed E-state index contributed by atoms with van der Waals surface area (Å²) in [5, 5.41) is 11.9. The number of nitrogens with one attached hydrogen (secondary N) is 1. The number of hydrogen-bond acceptors (Lipinski definition) is 5. The minimum atomic E-state index is -0.526. The second-order valence-electron chi connectivity index (χ2n) is 7.31. The minimum Gasteiger partial charge on any atom is -0.336 e. The van der Waals surface area contributed by atoms with Gasteiger partial charge in [0.25, 0.3) is 0 Å². The van der Waals surface area contributed by atoms with E-state index in [0.29, 0.717) is 12.5 Å². The lowest BCUT2D eigenvalue weighted by atomic mass is 9.96. The van der Waals surface area contributed by atoms with Crippen LogP contribution in [-0.2, 0) is 6.54 Å². The van der Waals surface area contributed by atoms with Crippen LogP contribution in [0.25, 0.3) is 0 Å². The number of nitrogens with zero attached hydrogens (tertiary/aromatic N) is 4. The van der Waals surface area contributed by atoms with Crippen molar-refractivity contribution in [2.75, 3.05) is 33.2 Å². The second-order valence-corrected chi connectivity index (χ2v) is 8.25. The lowest BCUT2D eigenvalue weighted by Gasteiger charge is -2.23. The van der Waals surface area contributed by atoms with Gasteiger partial charge in [-0.15, -0.1) is 11.3 Å². The van der Waals surface area contributed by atoms with Gasteiger partial charge in [0.1, 0.15) is 0 Å². The number of hydrogen-bond donors (Lipinski definition) is 1. The van der Waals surface area contributed by atoms with E-state index in [1.165, 1.54) is 4.88 Å². The van der Waals surface area contributed by atoms with Crippen molar-refractivity contribution in [2.24, 2.45) is 11.3 Å². The molecule has 1 aromatic heterocycles. The highest BCUT2D eigenvalue weighted by molar-refractivity contribution is 7.09. The maximum absolute atomic E-state index is 12.2. The number of amides is 2. The predicted molar refractivity (Wildman–Crippen MR) is 95.7 cm³/mol. The first kappa shape index (κ1) is 18.7. The highest BCUT2D eigenvalue weighted by Gasteiger charge is 2.28. The molecule has 1 aromatic rings. The zero-order valence-electron chi connectivity index (χ0n) is 15.0. The van der Waals surface area contributed by atoms with E-state index in [1.807, 2.05) is 31.2 Å². The fourth-order valence-electron chi connectivity index (χ4n) is 2.84. The smallest absolute Gasteiger partial charge is 0.317 e. The molecule has 2 heterocycles. The number of likely N-dealkylation sites (tertiary alicyclic amines) is 1. The molecule has 0 aromatic carbocycles. The summed E-state index contributed by atoms with van der Waals surface area (Å²) in [6, 6.07) is 2.15. The molecule has 0 saturated carbocycles. The maximum atomic E-state index is 12.2. The predicted octanol–water partition coefficient (Wildman–Crippen LogP) is 2.46. The molecule has 0 radical (unpaired) electrons. The number of rotatable bonds is 6. The summed E-state index contributed by atoms with van der Waals surface area (Å²) in [5.74, 6) is 0.498. The number of carbonyl (C=O) groups excluding carboxylic acids is 1. The highest BCUT2D eigenvalue weighted by atomic mass is 32.1. The zero-order valence-corrected chi connectivity index (χ0v) is 15.8.